The number of carboxylic acids is 1. The van der Waals surface area contributed by atoms with Crippen molar-refractivity contribution in [3.8, 4) is 17.2 Å². The van der Waals surface area contributed by atoms with Crippen LogP contribution in [0.25, 0.3) is 6.08 Å². The molecule has 22 heavy (non-hydrogen) atoms. The summed E-state index contributed by atoms with van der Waals surface area (Å²) in [5.41, 5.74) is 0.631. The molecule has 0 aliphatic rings. The largest absolute Gasteiger partial charge is 0.493 e. The van der Waals surface area contributed by atoms with E-state index < -0.39 is 5.97 Å². The molecule has 1 N–H and O–H groups in total. The zero-order chi connectivity index (χ0) is 15.9. The van der Waals surface area contributed by atoms with Crippen molar-refractivity contribution in [3.05, 3.63) is 59.9 Å². The SMILES string of the molecule is COc1ccc(C=C(Oc2ccccc2)C(=O)O)cc1OC. The van der Waals surface area contributed by atoms with E-state index in [0.29, 0.717) is 22.8 Å². The normalized spacial score (nSPS) is 10.9. The highest BCUT2D eigenvalue weighted by molar-refractivity contribution is 5.90. The number of aliphatic carboxylic acids is 1. The van der Waals surface area contributed by atoms with E-state index in [1.54, 1.807) is 42.5 Å². The monoisotopic (exact) mass is 300 g/mol. The molecule has 2 aromatic rings. The average Bonchev–Trinajstić information content (AvgIpc) is 2.55. The van der Waals surface area contributed by atoms with E-state index in [1.807, 2.05) is 6.07 Å². The van der Waals surface area contributed by atoms with Crippen molar-refractivity contribution < 1.29 is 24.1 Å². The second-order valence-corrected chi connectivity index (χ2v) is 4.34. The highest BCUT2D eigenvalue weighted by atomic mass is 16.5. The number of benzene rings is 2. The Bertz CT molecular complexity index is 677. The highest BCUT2D eigenvalue weighted by Crippen LogP contribution is 2.28. The van der Waals surface area contributed by atoms with Crippen LogP contribution in [-0.2, 0) is 4.79 Å². The first kappa shape index (κ1) is 15.4. The third-order valence-electron chi connectivity index (χ3n) is 2.89. The van der Waals surface area contributed by atoms with Gasteiger partial charge in [-0.25, -0.2) is 4.79 Å². The molecule has 2 aromatic carbocycles. The maximum absolute atomic E-state index is 11.3. The molecule has 0 saturated carbocycles. The number of hydrogen-bond donors (Lipinski definition) is 1. The summed E-state index contributed by atoms with van der Waals surface area (Å²) in [7, 11) is 3.05. The molecule has 0 aliphatic heterocycles. The molecule has 114 valence electrons. The van der Waals surface area contributed by atoms with Crippen molar-refractivity contribution in [3.63, 3.8) is 0 Å². The lowest BCUT2D eigenvalue weighted by atomic mass is 10.1. The number of hydrogen-bond acceptors (Lipinski definition) is 4. The van der Waals surface area contributed by atoms with Crippen LogP contribution in [0.3, 0.4) is 0 Å². The fourth-order valence-corrected chi connectivity index (χ4v) is 1.84. The maximum atomic E-state index is 11.3. The van der Waals surface area contributed by atoms with Gasteiger partial charge in [0.15, 0.2) is 11.5 Å². The first-order chi connectivity index (χ1) is 10.6. The highest BCUT2D eigenvalue weighted by Gasteiger charge is 2.11. The third kappa shape index (κ3) is 3.79. The number of carboxylic acid groups (broad SMARTS) is 1. The van der Waals surface area contributed by atoms with Crippen LogP contribution < -0.4 is 14.2 Å². The third-order valence-corrected chi connectivity index (χ3v) is 2.89. The average molecular weight is 300 g/mol. The van der Waals surface area contributed by atoms with Crippen LogP contribution in [0.4, 0.5) is 0 Å². The summed E-state index contributed by atoms with van der Waals surface area (Å²) in [6.45, 7) is 0. The zero-order valence-electron chi connectivity index (χ0n) is 12.3. The Morgan fingerprint density at radius 2 is 1.68 bits per heavy atom. The van der Waals surface area contributed by atoms with Gasteiger partial charge < -0.3 is 19.3 Å². The van der Waals surface area contributed by atoms with Crippen molar-refractivity contribution in [1.29, 1.82) is 0 Å². The van der Waals surface area contributed by atoms with Crippen LogP contribution in [0, 0.1) is 0 Å². The summed E-state index contributed by atoms with van der Waals surface area (Å²) in [6.07, 6.45) is 1.43. The van der Waals surface area contributed by atoms with Crippen LogP contribution in [-0.4, -0.2) is 25.3 Å². The first-order valence-corrected chi connectivity index (χ1v) is 6.54. The molecule has 0 fully saturated rings. The molecular weight excluding hydrogens is 284 g/mol. The Balaban J connectivity index is 2.32. The van der Waals surface area contributed by atoms with Crippen LogP contribution in [0.2, 0.25) is 0 Å². The second kappa shape index (κ2) is 7.17. The van der Waals surface area contributed by atoms with Gasteiger partial charge in [-0.3, -0.25) is 0 Å². The molecular formula is C17H16O5. The number of para-hydroxylation sites is 1. The Kier molecular flexibility index (Phi) is 5.03. The van der Waals surface area contributed by atoms with E-state index in [1.165, 1.54) is 20.3 Å². The van der Waals surface area contributed by atoms with Gasteiger partial charge in [0.05, 0.1) is 14.2 Å². The molecule has 0 radical (unpaired) electrons. The van der Waals surface area contributed by atoms with Gasteiger partial charge in [-0.2, -0.15) is 0 Å². The van der Waals surface area contributed by atoms with Crippen molar-refractivity contribution in [2.45, 2.75) is 0 Å². The molecule has 2 rings (SSSR count). The zero-order valence-corrected chi connectivity index (χ0v) is 12.3. The van der Waals surface area contributed by atoms with E-state index in [2.05, 4.69) is 0 Å². The first-order valence-electron chi connectivity index (χ1n) is 6.54. The fourth-order valence-electron chi connectivity index (χ4n) is 1.84. The summed E-state index contributed by atoms with van der Waals surface area (Å²) in [4.78, 5) is 11.3. The van der Waals surface area contributed by atoms with Gasteiger partial charge in [0.1, 0.15) is 5.75 Å². The van der Waals surface area contributed by atoms with E-state index in [0.717, 1.165) is 0 Å². The number of rotatable bonds is 6. The van der Waals surface area contributed by atoms with Gasteiger partial charge in [0.2, 0.25) is 5.76 Å². The lowest BCUT2D eigenvalue weighted by Gasteiger charge is -2.09. The summed E-state index contributed by atoms with van der Waals surface area (Å²) in [6, 6.07) is 13.8. The molecule has 0 amide bonds. The van der Waals surface area contributed by atoms with Gasteiger partial charge in [-0.1, -0.05) is 24.3 Å². The minimum Gasteiger partial charge on any atom is -0.493 e. The van der Waals surface area contributed by atoms with Gasteiger partial charge in [0.25, 0.3) is 0 Å². The van der Waals surface area contributed by atoms with Crippen molar-refractivity contribution in [2.24, 2.45) is 0 Å². The van der Waals surface area contributed by atoms with Gasteiger partial charge in [-0.15, -0.1) is 0 Å². The molecule has 0 heterocycles. The van der Waals surface area contributed by atoms with Crippen LogP contribution in [0.15, 0.2) is 54.3 Å². The Labute approximate surface area is 128 Å². The van der Waals surface area contributed by atoms with E-state index in [9.17, 15) is 9.90 Å². The van der Waals surface area contributed by atoms with Crippen LogP contribution in [0.1, 0.15) is 5.56 Å². The van der Waals surface area contributed by atoms with Crippen molar-refractivity contribution >= 4 is 12.0 Å². The molecule has 5 nitrogen and oxygen atoms in total. The second-order valence-electron chi connectivity index (χ2n) is 4.34. The Hall–Kier alpha value is -2.95. The minimum atomic E-state index is -1.15. The predicted molar refractivity (Wildman–Crippen MR) is 82.2 cm³/mol. The Morgan fingerprint density at radius 3 is 2.27 bits per heavy atom. The molecule has 0 unspecified atom stereocenters. The summed E-state index contributed by atoms with van der Waals surface area (Å²) < 4.78 is 15.7. The molecule has 0 atom stereocenters. The molecule has 0 spiro atoms. The maximum Gasteiger partial charge on any atom is 0.371 e. The van der Waals surface area contributed by atoms with Gasteiger partial charge in [0, 0.05) is 0 Å². The van der Waals surface area contributed by atoms with Gasteiger partial charge >= 0.3 is 5.97 Å². The van der Waals surface area contributed by atoms with E-state index >= 15 is 0 Å². The lowest BCUT2D eigenvalue weighted by molar-refractivity contribution is -0.134. The summed E-state index contributed by atoms with van der Waals surface area (Å²) in [5, 5.41) is 9.27. The number of carbonyl (C=O) groups is 1. The lowest BCUT2D eigenvalue weighted by Crippen LogP contribution is -2.07. The molecule has 0 saturated heterocycles. The predicted octanol–water partition coefficient (Wildman–Crippen LogP) is 3.21. The van der Waals surface area contributed by atoms with Crippen LogP contribution in [0.5, 0.6) is 17.2 Å². The van der Waals surface area contributed by atoms with Crippen molar-refractivity contribution in [2.75, 3.05) is 14.2 Å². The summed E-state index contributed by atoms with van der Waals surface area (Å²) >= 11 is 0. The topological polar surface area (TPSA) is 65.0 Å². The quantitative estimate of drug-likeness (QED) is 0.655. The Morgan fingerprint density at radius 1 is 1.00 bits per heavy atom. The van der Waals surface area contributed by atoms with Crippen LogP contribution >= 0.6 is 0 Å². The molecule has 0 aliphatic carbocycles. The summed E-state index contributed by atoms with van der Waals surface area (Å²) in [5.74, 6) is 0.204. The number of ether oxygens (including phenoxy) is 3. The smallest absolute Gasteiger partial charge is 0.371 e. The molecule has 0 aromatic heterocycles. The van der Waals surface area contributed by atoms with E-state index in [4.69, 9.17) is 14.2 Å². The van der Waals surface area contributed by atoms with E-state index in [-0.39, 0.29) is 5.76 Å². The van der Waals surface area contributed by atoms with Gasteiger partial charge in [-0.05, 0) is 35.9 Å². The fraction of sp³-hybridized carbons (Fsp3) is 0.118. The molecule has 0 bridgehead atoms. The van der Waals surface area contributed by atoms with Crippen molar-refractivity contribution in [1.82, 2.24) is 0 Å². The molecule has 5 heteroatoms. The standard InChI is InChI=1S/C17H16O5/c1-20-14-9-8-12(10-15(14)21-2)11-16(17(18)19)22-13-6-4-3-5-7-13/h3-11H,1-2H3,(H,18,19). The minimum absolute atomic E-state index is 0.182. The number of methoxy groups -OCH3 is 2.